The summed E-state index contributed by atoms with van der Waals surface area (Å²) in [5.41, 5.74) is 1.09. The third kappa shape index (κ3) is 4.43. The molecular formula is C17H16ClN3OS. The molecule has 0 aliphatic carbocycles. The van der Waals surface area contributed by atoms with Crippen LogP contribution in [0.5, 0.6) is 0 Å². The molecule has 3 rings (SSSR count). The third-order valence-electron chi connectivity index (χ3n) is 3.55. The van der Waals surface area contributed by atoms with Gasteiger partial charge in [0, 0.05) is 47.9 Å². The molecule has 1 amide bonds. The van der Waals surface area contributed by atoms with E-state index in [1.54, 1.807) is 6.20 Å². The predicted octanol–water partition coefficient (Wildman–Crippen LogP) is 4.41. The first-order valence-electron chi connectivity index (χ1n) is 7.26. The van der Waals surface area contributed by atoms with Crippen LogP contribution in [0.25, 0.3) is 0 Å². The molecule has 0 unspecified atom stereocenters. The summed E-state index contributed by atoms with van der Waals surface area (Å²) in [7, 11) is 0. The van der Waals surface area contributed by atoms with Crippen molar-refractivity contribution in [3.05, 3.63) is 71.0 Å². The molecule has 2 aromatic heterocycles. The molecule has 0 bridgehead atoms. The number of aromatic nitrogens is 2. The molecule has 3 aromatic rings. The number of thiazole rings is 1. The summed E-state index contributed by atoms with van der Waals surface area (Å²) in [5, 5.41) is 6.01. The van der Waals surface area contributed by atoms with Gasteiger partial charge in [0.05, 0.1) is 0 Å². The highest BCUT2D eigenvalue weighted by Crippen LogP contribution is 2.24. The van der Waals surface area contributed by atoms with E-state index in [4.69, 9.17) is 11.6 Å². The minimum atomic E-state index is -0.0351. The van der Waals surface area contributed by atoms with Gasteiger partial charge in [-0.15, -0.1) is 11.3 Å². The molecule has 0 aliphatic heterocycles. The largest absolute Gasteiger partial charge is 0.354 e. The van der Waals surface area contributed by atoms with E-state index < -0.39 is 0 Å². The number of hydrogen-bond donors (Lipinski definition) is 1. The SMILES string of the molecule is O=C(C[C@H](Cn1cccc1)c1ccc(Cl)cc1)Nc1nccs1. The van der Waals surface area contributed by atoms with Crippen molar-refractivity contribution in [1.82, 2.24) is 9.55 Å². The van der Waals surface area contributed by atoms with E-state index in [0.717, 1.165) is 12.1 Å². The first kappa shape index (κ1) is 15.8. The Balaban J connectivity index is 1.74. The Hall–Kier alpha value is -2.11. The summed E-state index contributed by atoms with van der Waals surface area (Å²) >= 11 is 7.38. The topological polar surface area (TPSA) is 46.9 Å². The van der Waals surface area contributed by atoms with Gasteiger partial charge >= 0.3 is 0 Å². The number of rotatable bonds is 6. The quantitative estimate of drug-likeness (QED) is 0.719. The molecule has 2 heterocycles. The smallest absolute Gasteiger partial charge is 0.226 e. The maximum absolute atomic E-state index is 12.3. The molecule has 23 heavy (non-hydrogen) atoms. The minimum absolute atomic E-state index is 0.0351. The maximum Gasteiger partial charge on any atom is 0.226 e. The molecule has 0 fully saturated rings. The molecule has 4 nitrogen and oxygen atoms in total. The van der Waals surface area contributed by atoms with Crippen LogP contribution in [-0.4, -0.2) is 15.5 Å². The highest BCUT2D eigenvalue weighted by atomic mass is 35.5. The molecule has 6 heteroatoms. The predicted molar refractivity (Wildman–Crippen MR) is 94.0 cm³/mol. The number of benzene rings is 1. The van der Waals surface area contributed by atoms with E-state index in [1.165, 1.54) is 11.3 Å². The number of amides is 1. The summed E-state index contributed by atoms with van der Waals surface area (Å²) in [5.74, 6) is 0.0340. The number of nitrogens with one attached hydrogen (secondary N) is 1. The van der Waals surface area contributed by atoms with Gasteiger partial charge in [0.2, 0.25) is 5.91 Å². The summed E-state index contributed by atoms with van der Waals surface area (Å²) in [4.78, 5) is 16.4. The molecule has 1 aromatic carbocycles. The molecule has 0 aliphatic rings. The fourth-order valence-corrected chi connectivity index (χ4v) is 3.12. The fourth-order valence-electron chi connectivity index (χ4n) is 2.45. The maximum atomic E-state index is 12.3. The van der Waals surface area contributed by atoms with Gasteiger partial charge in [-0.3, -0.25) is 4.79 Å². The van der Waals surface area contributed by atoms with Crippen molar-refractivity contribution in [3.63, 3.8) is 0 Å². The molecule has 1 N–H and O–H groups in total. The minimum Gasteiger partial charge on any atom is -0.354 e. The van der Waals surface area contributed by atoms with E-state index in [1.807, 2.05) is 54.2 Å². The van der Waals surface area contributed by atoms with Crippen molar-refractivity contribution in [2.75, 3.05) is 5.32 Å². The average molecular weight is 346 g/mol. The van der Waals surface area contributed by atoms with Crippen LogP contribution in [0.15, 0.2) is 60.4 Å². The molecule has 0 spiro atoms. The van der Waals surface area contributed by atoms with Crippen LogP contribution < -0.4 is 5.32 Å². The molecule has 1 atom stereocenters. The van der Waals surface area contributed by atoms with Gasteiger partial charge in [0.15, 0.2) is 5.13 Å². The van der Waals surface area contributed by atoms with Crippen LogP contribution in [0.1, 0.15) is 17.9 Å². The monoisotopic (exact) mass is 345 g/mol. The van der Waals surface area contributed by atoms with Crippen LogP contribution in [0.4, 0.5) is 5.13 Å². The standard InChI is InChI=1S/C17H16ClN3OS/c18-15-5-3-13(4-6-15)14(12-21-8-1-2-9-21)11-16(22)20-17-19-7-10-23-17/h1-10,14H,11-12H2,(H,19,20,22)/t14-/m1/s1. The number of anilines is 1. The summed E-state index contributed by atoms with van der Waals surface area (Å²) in [6.45, 7) is 0.736. The lowest BCUT2D eigenvalue weighted by molar-refractivity contribution is -0.116. The molecule has 0 saturated heterocycles. The Bertz CT molecular complexity index is 739. The van der Waals surface area contributed by atoms with Crippen molar-refractivity contribution in [3.8, 4) is 0 Å². The van der Waals surface area contributed by atoms with Gasteiger partial charge < -0.3 is 9.88 Å². The van der Waals surface area contributed by atoms with Crippen molar-refractivity contribution >= 4 is 34.0 Å². The Morgan fingerprint density at radius 2 is 2.00 bits per heavy atom. The Morgan fingerprint density at radius 1 is 1.26 bits per heavy atom. The molecule has 118 valence electrons. The second kappa shape index (κ2) is 7.44. The second-order valence-corrected chi connectivity index (χ2v) is 6.55. The number of hydrogen-bond acceptors (Lipinski definition) is 3. The number of carbonyl (C=O) groups excluding carboxylic acids is 1. The van der Waals surface area contributed by atoms with Crippen molar-refractivity contribution in [2.45, 2.75) is 18.9 Å². The zero-order chi connectivity index (χ0) is 16.1. The normalized spacial score (nSPS) is 12.0. The first-order valence-corrected chi connectivity index (χ1v) is 8.52. The van der Waals surface area contributed by atoms with Crippen molar-refractivity contribution in [1.29, 1.82) is 0 Å². The number of halogens is 1. The summed E-state index contributed by atoms with van der Waals surface area (Å²) in [6, 6.07) is 11.6. The summed E-state index contributed by atoms with van der Waals surface area (Å²) in [6.07, 6.45) is 6.07. The Kier molecular flexibility index (Phi) is 5.10. The second-order valence-electron chi connectivity index (χ2n) is 5.22. The van der Waals surface area contributed by atoms with Gasteiger partial charge in [0.25, 0.3) is 0 Å². The van der Waals surface area contributed by atoms with Gasteiger partial charge in [0.1, 0.15) is 0 Å². The number of nitrogens with zero attached hydrogens (tertiary/aromatic N) is 2. The molecule has 0 radical (unpaired) electrons. The van der Waals surface area contributed by atoms with E-state index >= 15 is 0 Å². The lowest BCUT2D eigenvalue weighted by Gasteiger charge is -2.18. The van der Waals surface area contributed by atoms with E-state index in [9.17, 15) is 4.79 Å². The zero-order valence-electron chi connectivity index (χ0n) is 12.4. The lowest BCUT2D eigenvalue weighted by Crippen LogP contribution is -2.18. The van der Waals surface area contributed by atoms with Crippen LogP contribution in [-0.2, 0) is 11.3 Å². The highest BCUT2D eigenvalue weighted by Gasteiger charge is 2.17. The van der Waals surface area contributed by atoms with Crippen molar-refractivity contribution in [2.24, 2.45) is 0 Å². The van der Waals surface area contributed by atoms with Crippen molar-refractivity contribution < 1.29 is 4.79 Å². The average Bonchev–Trinajstić information content (AvgIpc) is 3.21. The van der Waals surface area contributed by atoms with Crippen LogP contribution in [0, 0.1) is 0 Å². The Morgan fingerprint density at radius 3 is 2.65 bits per heavy atom. The molecule has 0 saturated carbocycles. The van der Waals surface area contributed by atoms with E-state index in [0.29, 0.717) is 16.6 Å². The number of carbonyl (C=O) groups is 1. The van der Waals surface area contributed by atoms with E-state index in [2.05, 4.69) is 14.9 Å². The fraction of sp³-hybridized carbons (Fsp3) is 0.176. The van der Waals surface area contributed by atoms with E-state index in [-0.39, 0.29) is 11.8 Å². The van der Waals surface area contributed by atoms with Gasteiger partial charge in [-0.2, -0.15) is 0 Å². The van der Waals surface area contributed by atoms with Crippen LogP contribution in [0.3, 0.4) is 0 Å². The first-order chi connectivity index (χ1) is 11.2. The third-order valence-corrected chi connectivity index (χ3v) is 4.49. The van der Waals surface area contributed by atoms with Gasteiger partial charge in [-0.05, 0) is 29.8 Å². The van der Waals surface area contributed by atoms with Crippen LogP contribution >= 0.6 is 22.9 Å². The highest BCUT2D eigenvalue weighted by molar-refractivity contribution is 7.13. The lowest BCUT2D eigenvalue weighted by atomic mass is 9.95. The zero-order valence-corrected chi connectivity index (χ0v) is 13.9. The molecular weight excluding hydrogens is 330 g/mol. The van der Waals surface area contributed by atoms with Gasteiger partial charge in [-0.25, -0.2) is 4.98 Å². The van der Waals surface area contributed by atoms with Gasteiger partial charge in [-0.1, -0.05) is 23.7 Å². The van der Waals surface area contributed by atoms with Crippen LogP contribution in [0.2, 0.25) is 5.02 Å². The Labute approximate surface area is 143 Å². The summed E-state index contributed by atoms with van der Waals surface area (Å²) < 4.78 is 2.08.